The molecule has 0 aliphatic rings. The summed E-state index contributed by atoms with van der Waals surface area (Å²) in [5, 5.41) is 0. The molecule has 0 amide bonds. The van der Waals surface area contributed by atoms with Crippen LogP contribution in [0.2, 0.25) is 0 Å². The number of hydrogen-bond acceptors (Lipinski definition) is 3. The predicted molar refractivity (Wildman–Crippen MR) is 63.8 cm³/mol. The zero-order chi connectivity index (χ0) is 19.0. The number of rotatable bonds is 5. The van der Waals surface area contributed by atoms with Gasteiger partial charge in [0.1, 0.15) is 0 Å². The van der Waals surface area contributed by atoms with Gasteiger partial charge in [0, 0.05) is 6.42 Å². The van der Waals surface area contributed by atoms with Gasteiger partial charge in [0.15, 0.2) is 34.3 Å². The highest BCUT2D eigenvalue weighted by Gasteiger charge is 2.45. The molecule has 1 rings (SSSR count). The summed E-state index contributed by atoms with van der Waals surface area (Å²) in [6.45, 7) is 4.17. The molecule has 24 heavy (non-hydrogen) atoms. The molecule has 0 N–H and O–H groups in total. The van der Waals surface area contributed by atoms with Crippen molar-refractivity contribution in [3.05, 3.63) is 41.2 Å². The Kier molecular flexibility index (Phi) is 5.65. The summed E-state index contributed by atoms with van der Waals surface area (Å²) in [6, 6.07) is 0. The lowest BCUT2D eigenvalue weighted by Crippen LogP contribution is -2.34. The summed E-state index contributed by atoms with van der Waals surface area (Å²) in [5.74, 6) is -13.6. The summed E-state index contributed by atoms with van der Waals surface area (Å²) in [5.41, 5.74) is -0.204. The number of alkyl halides is 3. The smallest absolute Gasteiger partial charge is 0.253 e. The Hall–Kier alpha value is -1.69. The first-order chi connectivity index (χ1) is 10.7. The fourth-order valence-corrected chi connectivity index (χ4v) is 2.72. The highest BCUT2D eigenvalue weighted by molar-refractivity contribution is 7.86. The van der Waals surface area contributed by atoms with Crippen molar-refractivity contribution in [3.63, 3.8) is 0 Å². The molecule has 1 aromatic rings. The van der Waals surface area contributed by atoms with Crippen LogP contribution in [0.1, 0.15) is 13.3 Å². The lowest BCUT2D eigenvalue weighted by atomic mass is 10.1. The molecule has 0 aromatic heterocycles. The molecule has 0 heterocycles. The van der Waals surface area contributed by atoms with Crippen molar-refractivity contribution in [1.82, 2.24) is 0 Å². The molecule has 0 saturated carbocycles. The predicted octanol–water partition coefficient (Wildman–Crippen LogP) is 3.98. The number of benzene rings is 1. The van der Waals surface area contributed by atoms with Gasteiger partial charge in [-0.2, -0.15) is 21.6 Å². The Morgan fingerprint density at radius 3 is 1.71 bits per heavy atom. The van der Waals surface area contributed by atoms with Gasteiger partial charge in [-0.05, 0) is 6.92 Å². The Labute approximate surface area is 130 Å². The van der Waals surface area contributed by atoms with E-state index in [1.807, 2.05) is 0 Å². The Bertz CT molecular complexity index is 740. The van der Waals surface area contributed by atoms with Crippen molar-refractivity contribution in [2.24, 2.45) is 0 Å². The average molecular weight is 384 g/mol. The maximum atomic E-state index is 13.4. The molecule has 0 saturated heterocycles. The van der Waals surface area contributed by atoms with Crippen molar-refractivity contribution in [2.75, 3.05) is 0 Å². The third kappa shape index (κ3) is 4.04. The van der Waals surface area contributed by atoms with E-state index < -0.39 is 62.8 Å². The maximum absolute atomic E-state index is 13.4. The molecule has 0 aliphatic heterocycles. The van der Waals surface area contributed by atoms with Crippen molar-refractivity contribution < 1.29 is 47.7 Å². The molecule has 1 atom stereocenters. The first kappa shape index (κ1) is 20.4. The minimum Gasteiger partial charge on any atom is -0.253 e. The second-order valence-corrected chi connectivity index (χ2v) is 6.15. The van der Waals surface area contributed by atoms with Crippen molar-refractivity contribution in [3.8, 4) is 0 Å². The van der Waals surface area contributed by atoms with Gasteiger partial charge < -0.3 is 0 Å². The fourth-order valence-electron chi connectivity index (χ4n) is 1.53. The van der Waals surface area contributed by atoms with E-state index in [-0.39, 0.29) is 5.57 Å². The van der Waals surface area contributed by atoms with E-state index in [4.69, 9.17) is 0 Å². The summed E-state index contributed by atoms with van der Waals surface area (Å²) in [7, 11) is -5.97. The molecule has 0 aliphatic carbocycles. The molecule has 3 nitrogen and oxygen atoms in total. The maximum Gasteiger partial charge on any atom is 0.416 e. The monoisotopic (exact) mass is 384 g/mol. The molecular weight excluding hydrogens is 376 g/mol. The van der Waals surface area contributed by atoms with E-state index in [1.165, 1.54) is 0 Å². The van der Waals surface area contributed by atoms with E-state index >= 15 is 0 Å². The largest absolute Gasteiger partial charge is 0.416 e. The van der Waals surface area contributed by atoms with E-state index in [1.54, 1.807) is 0 Å². The van der Waals surface area contributed by atoms with Gasteiger partial charge in [0.25, 0.3) is 0 Å². The zero-order valence-electron chi connectivity index (χ0n) is 11.6. The summed E-state index contributed by atoms with van der Waals surface area (Å²) in [6.07, 6.45) is -9.54. The molecule has 0 radical (unpaired) electrons. The van der Waals surface area contributed by atoms with Crippen LogP contribution in [0, 0.1) is 29.1 Å². The normalized spacial score (nSPS) is 13.9. The highest BCUT2D eigenvalue weighted by atomic mass is 32.2. The van der Waals surface area contributed by atoms with Crippen LogP contribution in [0.25, 0.3) is 0 Å². The topological polar surface area (TPSA) is 43.4 Å². The standard InChI is InChI=1S/C12H8F8O3S/c1-4(2)3-5(12(18,19)20)23-24(21,22)11-9(16)7(14)6(13)8(15)10(11)17/h5H,1,3H2,2H3. The van der Waals surface area contributed by atoms with Gasteiger partial charge in [-0.25, -0.2) is 22.0 Å². The van der Waals surface area contributed by atoms with Crippen LogP contribution < -0.4 is 0 Å². The van der Waals surface area contributed by atoms with Crippen LogP contribution >= 0.6 is 0 Å². The lowest BCUT2D eigenvalue weighted by Gasteiger charge is -2.20. The molecular formula is C12H8F8O3S. The van der Waals surface area contributed by atoms with Crippen LogP contribution in [0.4, 0.5) is 35.1 Å². The molecule has 136 valence electrons. The second-order valence-electron chi connectivity index (χ2n) is 4.64. The van der Waals surface area contributed by atoms with Crippen LogP contribution in [0.5, 0.6) is 0 Å². The minimum absolute atomic E-state index is 0.204. The van der Waals surface area contributed by atoms with Crippen LogP contribution in [-0.2, 0) is 14.3 Å². The summed E-state index contributed by atoms with van der Waals surface area (Å²) >= 11 is 0. The molecule has 1 unspecified atom stereocenters. The number of hydrogen-bond donors (Lipinski definition) is 0. The average Bonchev–Trinajstić information content (AvgIpc) is 2.40. The van der Waals surface area contributed by atoms with Gasteiger partial charge in [-0.15, -0.1) is 6.58 Å². The van der Waals surface area contributed by atoms with Crippen LogP contribution in [0.15, 0.2) is 17.0 Å². The van der Waals surface area contributed by atoms with E-state index in [0.717, 1.165) is 6.92 Å². The van der Waals surface area contributed by atoms with Crippen molar-refractivity contribution in [2.45, 2.75) is 30.5 Å². The summed E-state index contributed by atoms with van der Waals surface area (Å²) in [4.78, 5) is -2.50. The quantitative estimate of drug-likeness (QED) is 0.254. The molecule has 0 spiro atoms. The fraction of sp³-hybridized carbons (Fsp3) is 0.333. The first-order valence-corrected chi connectivity index (χ1v) is 7.26. The Balaban J connectivity index is 3.48. The first-order valence-electron chi connectivity index (χ1n) is 5.86. The SMILES string of the molecule is C=C(C)CC(OS(=O)(=O)c1c(F)c(F)c(F)c(F)c1F)C(F)(F)F. The van der Waals surface area contributed by atoms with E-state index in [2.05, 4.69) is 10.8 Å². The van der Waals surface area contributed by atoms with Crippen LogP contribution in [0.3, 0.4) is 0 Å². The molecule has 0 bridgehead atoms. The molecule has 12 heteroatoms. The molecule has 0 fully saturated rings. The minimum atomic E-state index is -5.97. The van der Waals surface area contributed by atoms with Crippen molar-refractivity contribution in [1.29, 1.82) is 0 Å². The van der Waals surface area contributed by atoms with Crippen molar-refractivity contribution >= 4 is 10.1 Å². The summed E-state index contributed by atoms with van der Waals surface area (Å²) < 4.78 is 131. The van der Waals surface area contributed by atoms with Gasteiger partial charge in [-0.3, -0.25) is 4.18 Å². The Morgan fingerprint density at radius 1 is 1.00 bits per heavy atom. The van der Waals surface area contributed by atoms with Crippen LogP contribution in [-0.4, -0.2) is 20.7 Å². The zero-order valence-corrected chi connectivity index (χ0v) is 12.5. The molecule has 1 aromatic carbocycles. The van der Waals surface area contributed by atoms with Gasteiger partial charge in [-0.1, -0.05) is 5.57 Å². The van der Waals surface area contributed by atoms with Gasteiger partial charge in [0.05, 0.1) is 0 Å². The number of halogens is 8. The van der Waals surface area contributed by atoms with E-state index in [0.29, 0.717) is 0 Å². The third-order valence-electron chi connectivity index (χ3n) is 2.56. The highest BCUT2D eigenvalue weighted by Crippen LogP contribution is 2.33. The lowest BCUT2D eigenvalue weighted by molar-refractivity contribution is -0.193. The third-order valence-corrected chi connectivity index (χ3v) is 3.91. The Morgan fingerprint density at radius 2 is 1.38 bits per heavy atom. The van der Waals surface area contributed by atoms with Gasteiger partial charge >= 0.3 is 16.3 Å². The second kappa shape index (κ2) is 6.67. The van der Waals surface area contributed by atoms with E-state index in [9.17, 15) is 43.5 Å². The van der Waals surface area contributed by atoms with Gasteiger partial charge in [0.2, 0.25) is 5.82 Å².